The Morgan fingerprint density at radius 3 is 2.42 bits per heavy atom. The van der Waals surface area contributed by atoms with Crippen molar-refractivity contribution < 1.29 is 9.47 Å². The van der Waals surface area contributed by atoms with Crippen molar-refractivity contribution in [1.82, 2.24) is 9.80 Å². The largest absolute Gasteiger partial charge is 0.496 e. The monoisotopic (exact) mass is 328 g/mol. The number of rotatable bonds is 6. The summed E-state index contributed by atoms with van der Waals surface area (Å²) < 4.78 is 11.1. The maximum atomic E-state index is 5.62. The summed E-state index contributed by atoms with van der Waals surface area (Å²) in [5.74, 6) is 1.91. The number of nitrogens with zero attached hydrogens (tertiary/aromatic N) is 2. The fraction of sp³-hybridized carbons (Fsp3) is 0.500. The van der Waals surface area contributed by atoms with Gasteiger partial charge in [0.2, 0.25) is 0 Å². The molecule has 4 nitrogen and oxygen atoms in total. The summed E-state index contributed by atoms with van der Waals surface area (Å²) >= 11 is 0. The van der Waals surface area contributed by atoms with Crippen LogP contribution in [0.5, 0.6) is 11.5 Å². The fourth-order valence-corrected chi connectivity index (χ4v) is 3.45. The number of ether oxygens (including phenoxy) is 2. The van der Waals surface area contributed by atoms with Crippen molar-refractivity contribution in [2.45, 2.75) is 12.8 Å². The first kappa shape index (κ1) is 17.1. The minimum atomic E-state index is 0.926. The average molecular weight is 328 g/mol. The lowest BCUT2D eigenvalue weighted by atomic mass is 10.0. The van der Waals surface area contributed by atoms with E-state index in [1.807, 2.05) is 12.1 Å². The predicted molar refractivity (Wildman–Crippen MR) is 99.3 cm³/mol. The molecule has 0 aromatic heterocycles. The van der Waals surface area contributed by atoms with Gasteiger partial charge in [0, 0.05) is 31.6 Å². The van der Waals surface area contributed by atoms with Crippen LogP contribution < -0.4 is 9.47 Å². The molecule has 0 spiro atoms. The fourth-order valence-electron chi connectivity index (χ4n) is 3.45. The van der Waals surface area contributed by atoms with Gasteiger partial charge in [-0.1, -0.05) is 12.1 Å². The van der Waals surface area contributed by atoms with Crippen LogP contribution in [0.4, 0.5) is 0 Å². The van der Waals surface area contributed by atoms with E-state index in [0.717, 1.165) is 41.7 Å². The molecule has 4 heteroatoms. The van der Waals surface area contributed by atoms with Gasteiger partial charge in [0.1, 0.15) is 11.5 Å². The summed E-state index contributed by atoms with van der Waals surface area (Å²) in [4.78, 5) is 4.96. The maximum absolute atomic E-state index is 5.62. The van der Waals surface area contributed by atoms with Gasteiger partial charge in [-0.05, 0) is 55.6 Å². The number of likely N-dealkylation sites (N-methyl/N-ethyl adjacent to an activating group) is 1. The third-order valence-corrected chi connectivity index (χ3v) is 4.98. The van der Waals surface area contributed by atoms with E-state index in [-0.39, 0.29) is 0 Å². The van der Waals surface area contributed by atoms with Gasteiger partial charge >= 0.3 is 0 Å². The number of hydrogen-bond donors (Lipinski definition) is 0. The van der Waals surface area contributed by atoms with Crippen molar-refractivity contribution in [3.63, 3.8) is 0 Å². The molecule has 0 radical (unpaired) electrons. The number of piperazine rings is 1. The van der Waals surface area contributed by atoms with Crippen LogP contribution in [-0.4, -0.2) is 63.8 Å². The zero-order chi connectivity index (χ0) is 16.9. The Morgan fingerprint density at radius 2 is 1.71 bits per heavy atom. The van der Waals surface area contributed by atoms with Gasteiger partial charge < -0.3 is 19.3 Å². The lowest BCUT2D eigenvalue weighted by Crippen LogP contribution is -2.44. The zero-order valence-corrected chi connectivity index (χ0v) is 15.0. The standard InChI is InChI=1S/C20H28N2O2/c1-21-10-12-22(13-11-21)9-5-7-17-14-18-16(15-20(17)24-3)6-4-8-19(18)23-2/h4,6,8,14-15H,5,7,9-13H2,1-3H3. The van der Waals surface area contributed by atoms with Gasteiger partial charge in [0.25, 0.3) is 0 Å². The molecule has 1 aliphatic rings. The minimum absolute atomic E-state index is 0.926. The minimum Gasteiger partial charge on any atom is -0.496 e. The molecular weight excluding hydrogens is 300 g/mol. The summed E-state index contributed by atoms with van der Waals surface area (Å²) in [6.07, 6.45) is 2.18. The molecule has 0 saturated carbocycles. The Kier molecular flexibility index (Phi) is 5.59. The van der Waals surface area contributed by atoms with Crippen LogP contribution in [0.25, 0.3) is 10.8 Å². The van der Waals surface area contributed by atoms with Gasteiger partial charge in [0.05, 0.1) is 14.2 Å². The normalized spacial score (nSPS) is 16.5. The molecule has 1 saturated heterocycles. The highest BCUT2D eigenvalue weighted by Gasteiger charge is 2.14. The number of fused-ring (bicyclic) bond motifs is 1. The Bertz CT molecular complexity index is 679. The lowest BCUT2D eigenvalue weighted by molar-refractivity contribution is 0.153. The average Bonchev–Trinajstić information content (AvgIpc) is 2.62. The van der Waals surface area contributed by atoms with Crippen LogP contribution in [0.2, 0.25) is 0 Å². The van der Waals surface area contributed by atoms with Crippen LogP contribution in [0.3, 0.4) is 0 Å². The second-order valence-corrected chi connectivity index (χ2v) is 6.59. The molecular formula is C20H28N2O2. The molecule has 1 fully saturated rings. The van der Waals surface area contributed by atoms with Crippen molar-refractivity contribution in [2.24, 2.45) is 0 Å². The van der Waals surface area contributed by atoms with E-state index in [0.29, 0.717) is 0 Å². The molecule has 1 heterocycles. The van der Waals surface area contributed by atoms with Gasteiger partial charge in [-0.25, -0.2) is 0 Å². The summed E-state index contributed by atoms with van der Waals surface area (Å²) in [6.45, 7) is 5.87. The van der Waals surface area contributed by atoms with E-state index in [9.17, 15) is 0 Å². The first-order valence-electron chi connectivity index (χ1n) is 8.76. The van der Waals surface area contributed by atoms with Crippen LogP contribution in [0.15, 0.2) is 30.3 Å². The zero-order valence-electron chi connectivity index (χ0n) is 15.0. The second kappa shape index (κ2) is 7.86. The van der Waals surface area contributed by atoms with E-state index in [4.69, 9.17) is 9.47 Å². The molecule has 2 aromatic rings. The quantitative estimate of drug-likeness (QED) is 0.814. The smallest absolute Gasteiger partial charge is 0.126 e. The van der Waals surface area contributed by atoms with E-state index in [1.165, 1.54) is 31.7 Å². The van der Waals surface area contributed by atoms with Gasteiger partial charge in [-0.2, -0.15) is 0 Å². The number of methoxy groups -OCH3 is 2. The third kappa shape index (κ3) is 3.82. The van der Waals surface area contributed by atoms with Crippen LogP contribution >= 0.6 is 0 Å². The summed E-state index contributed by atoms with van der Waals surface area (Å²) in [7, 11) is 5.68. The Balaban J connectivity index is 1.71. The van der Waals surface area contributed by atoms with Crippen molar-refractivity contribution in [2.75, 3.05) is 54.0 Å². The molecule has 0 aliphatic carbocycles. The van der Waals surface area contributed by atoms with E-state index < -0.39 is 0 Å². The van der Waals surface area contributed by atoms with E-state index >= 15 is 0 Å². The highest BCUT2D eigenvalue weighted by Crippen LogP contribution is 2.32. The molecule has 0 unspecified atom stereocenters. The first-order chi connectivity index (χ1) is 11.7. The SMILES string of the molecule is COc1cc2cccc(OC)c2cc1CCCN1CCN(C)CC1. The first-order valence-corrected chi connectivity index (χ1v) is 8.76. The summed E-state index contributed by atoms with van der Waals surface area (Å²) in [5.41, 5.74) is 1.27. The molecule has 0 bridgehead atoms. The lowest BCUT2D eigenvalue weighted by Gasteiger charge is -2.32. The van der Waals surface area contributed by atoms with E-state index in [2.05, 4.69) is 35.0 Å². The Hall–Kier alpha value is -1.78. The molecule has 3 rings (SSSR count). The van der Waals surface area contributed by atoms with Crippen molar-refractivity contribution >= 4 is 10.8 Å². The third-order valence-electron chi connectivity index (χ3n) is 4.98. The van der Waals surface area contributed by atoms with Crippen LogP contribution in [0, 0.1) is 0 Å². The molecule has 130 valence electrons. The topological polar surface area (TPSA) is 24.9 Å². The summed E-state index contributed by atoms with van der Waals surface area (Å²) in [6, 6.07) is 10.5. The Labute approximate surface area is 145 Å². The maximum Gasteiger partial charge on any atom is 0.126 e. The molecule has 2 aromatic carbocycles. The summed E-state index contributed by atoms with van der Waals surface area (Å²) in [5, 5.41) is 2.32. The number of aryl methyl sites for hydroxylation is 1. The van der Waals surface area contributed by atoms with Crippen LogP contribution in [0.1, 0.15) is 12.0 Å². The molecule has 0 atom stereocenters. The highest BCUT2D eigenvalue weighted by molar-refractivity contribution is 5.90. The highest BCUT2D eigenvalue weighted by atomic mass is 16.5. The molecule has 1 aliphatic heterocycles. The second-order valence-electron chi connectivity index (χ2n) is 6.59. The van der Waals surface area contributed by atoms with Gasteiger partial charge in [-0.15, -0.1) is 0 Å². The van der Waals surface area contributed by atoms with Gasteiger partial charge in [0.15, 0.2) is 0 Å². The van der Waals surface area contributed by atoms with Gasteiger partial charge in [-0.3, -0.25) is 0 Å². The van der Waals surface area contributed by atoms with Crippen LogP contribution in [-0.2, 0) is 6.42 Å². The number of benzene rings is 2. The predicted octanol–water partition coefficient (Wildman–Crippen LogP) is 3.04. The van der Waals surface area contributed by atoms with Crippen molar-refractivity contribution in [1.29, 1.82) is 0 Å². The van der Waals surface area contributed by atoms with E-state index in [1.54, 1.807) is 14.2 Å². The molecule has 0 N–H and O–H groups in total. The Morgan fingerprint density at radius 1 is 0.958 bits per heavy atom. The molecule has 24 heavy (non-hydrogen) atoms. The van der Waals surface area contributed by atoms with Crippen molar-refractivity contribution in [3.05, 3.63) is 35.9 Å². The van der Waals surface area contributed by atoms with Crippen molar-refractivity contribution in [3.8, 4) is 11.5 Å². The number of hydrogen-bond acceptors (Lipinski definition) is 4. The molecule has 0 amide bonds.